The van der Waals surface area contributed by atoms with Crippen molar-refractivity contribution in [3.8, 4) is 5.75 Å². The van der Waals surface area contributed by atoms with Gasteiger partial charge in [0, 0.05) is 23.0 Å². The van der Waals surface area contributed by atoms with Crippen molar-refractivity contribution in [3.05, 3.63) is 94.2 Å². The van der Waals surface area contributed by atoms with Gasteiger partial charge in [0.25, 0.3) is 5.91 Å². The van der Waals surface area contributed by atoms with Crippen molar-refractivity contribution in [2.24, 2.45) is 0 Å². The normalized spacial score (nSPS) is 12.0. The number of carbonyl (C=O) groups excluding carboxylic acids is 1. The number of nitrogens with one attached hydrogen (secondary N) is 1. The summed E-state index contributed by atoms with van der Waals surface area (Å²) in [7, 11) is 0. The molecule has 4 rings (SSSR count). The number of amides is 1. The van der Waals surface area contributed by atoms with Crippen molar-refractivity contribution in [3.63, 3.8) is 0 Å². The smallest absolute Gasteiger partial charge is 0.251 e. The zero-order chi connectivity index (χ0) is 26.0. The van der Waals surface area contributed by atoms with Crippen LogP contribution in [0.15, 0.2) is 77.3 Å². The molecule has 5 nitrogen and oxygen atoms in total. The quantitative estimate of drug-likeness (QED) is 0.171. The van der Waals surface area contributed by atoms with E-state index in [-0.39, 0.29) is 5.91 Å². The average molecular weight is 563 g/mol. The fraction of sp³-hybridized carbons (Fsp3) is 0.355. The van der Waals surface area contributed by atoms with Crippen molar-refractivity contribution in [1.29, 1.82) is 0 Å². The SMILES string of the molecule is CCC(C)c1ccc(OCCn2c(CCCCCNC(=O)c3cccc(Br)c3)nc3ccccc32)cc1. The highest BCUT2D eigenvalue weighted by Gasteiger charge is 2.11. The minimum atomic E-state index is -0.0300. The van der Waals surface area contributed by atoms with E-state index in [1.54, 1.807) is 0 Å². The number of aryl methyl sites for hydroxylation is 1. The van der Waals surface area contributed by atoms with E-state index in [4.69, 9.17) is 9.72 Å². The molecule has 1 aromatic heterocycles. The highest BCUT2D eigenvalue weighted by Crippen LogP contribution is 2.22. The maximum atomic E-state index is 12.3. The number of benzene rings is 3. The van der Waals surface area contributed by atoms with E-state index in [1.165, 1.54) is 5.56 Å². The molecule has 3 aromatic carbocycles. The van der Waals surface area contributed by atoms with E-state index < -0.39 is 0 Å². The van der Waals surface area contributed by atoms with Gasteiger partial charge in [0.15, 0.2) is 0 Å². The van der Waals surface area contributed by atoms with E-state index in [0.717, 1.165) is 65.7 Å². The molecule has 0 saturated carbocycles. The summed E-state index contributed by atoms with van der Waals surface area (Å²) < 4.78 is 9.28. The Morgan fingerprint density at radius 1 is 1.03 bits per heavy atom. The number of hydrogen-bond acceptors (Lipinski definition) is 3. The second-order valence-electron chi connectivity index (χ2n) is 9.47. The van der Waals surface area contributed by atoms with Gasteiger partial charge in [0.05, 0.1) is 17.6 Å². The summed E-state index contributed by atoms with van der Waals surface area (Å²) in [6, 6.07) is 24.2. The Morgan fingerprint density at radius 3 is 2.62 bits per heavy atom. The molecule has 1 amide bonds. The molecular formula is C31H36BrN3O2. The number of hydrogen-bond donors (Lipinski definition) is 1. The summed E-state index contributed by atoms with van der Waals surface area (Å²) >= 11 is 3.41. The molecule has 6 heteroatoms. The van der Waals surface area contributed by atoms with Gasteiger partial charge >= 0.3 is 0 Å². The van der Waals surface area contributed by atoms with Crippen LogP contribution in [-0.4, -0.2) is 28.6 Å². The average Bonchev–Trinajstić information content (AvgIpc) is 3.27. The molecule has 1 heterocycles. The second kappa shape index (κ2) is 13.4. The predicted octanol–water partition coefficient (Wildman–Crippen LogP) is 7.53. The number of carbonyl (C=O) groups is 1. The standard InChI is InChI=1S/C31H36BrN3O2/c1-3-23(2)24-15-17-27(18-16-24)37-21-20-35-29-13-7-6-12-28(29)34-30(35)14-5-4-8-19-33-31(36)25-10-9-11-26(32)22-25/h6-7,9-13,15-18,22-23H,3-5,8,14,19-21H2,1-2H3,(H,33,36). The van der Waals surface area contributed by atoms with Crippen molar-refractivity contribution in [2.45, 2.75) is 58.4 Å². The first-order valence-corrected chi connectivity index (χ1v) is 14.0. The van der Waals surface area contributed by atoms with Gasteiger partial charge in [0.2, 0.25) is 0 Å². The van der Waals surface area contributed by atoms with Crippen LogP contribution in [0.4, 0.5) is 0 Å². The van der Waals surface area contributed by atoms with Gasteiger partial charge in [-0.25, -0.2) is 4.98 Å². The molecule has 0 radical (unpaired) electrons. The largest absolute Gasteiger partial charge is 0.492 e. The van der Waals surface area contributed by atoms with Crippen LogP contribution in [0, 0.1) is 0 Å². The number of aromatic nitrogens is 2. The van der Waals surface area contributed by atoms with Gasteiger partial charge in [-0.05, 0) is 73.2 Å². The highest BCUT2D eigenvalue weighted by atomic mass is 79.9. The molecule has 0 fully saturated rings. The second-order valence-corrected chi connectivity index (χ2v) is 10.4. The van der Waals surface area contributed by atoms with Gasteiger partial charge in [-0.15, -0.1) is 0 Å². The van der Waals surface area contributed by atoms with E-state index in [9.17, 15) is 4.79 Å². The molecule has 0 bridgehead atoms. The van der Waals surface area contributed by atoms with Crippen LogP contribution in [0.5, 0.6) is 5.75 Å². The third kappa shape index (κ3) is 7.45. The number of unbranched alkanes of at least 4 members (excludes halogenated alkanes) is 2. The van der Waals surface area contributed by atoms with Gasteiger partial charge in [-0.3, -0.25) is 4.79 Å². The monoisotopic (exact) mass is 561 g/mol. The molecular weight excluding hydrogens is 526 g/mol. The number of ether oxygens (including phenoxy) is 1. The highest BCUT2D eigenvalue weighted by molar-refractivity contribution is 9.10. The van der Waals surface area contributed by atoms with Crippen molar-refractivity contribution >= 4 is 32.9 Å². The number of para-hydroxylation sites is 2. The molecule has 0 saturated heterocycles. The van der Waals surface area contributed by atoms with E-state index in [1.807, 2.05) is 30.3 Å². The van der Waals surface area contributed by atoms with E-state index in [0.29, 0.717) is 24.6 Å². The van der Waals surface area contributed by atoms with Crippen molar-refractivity contribution in [2.75, 3.05) is 13.2 Å². The zero-order valence-corrected chi connectivity index (χ0v) is 23.3. The number of nitrogens with zero attached hydrogens (tertiary/aromatic N) is 2. The van der Waals surface area contributed by atoms with Crippen LogP contribution >= 0.6 is 15.9 Å². The molecule has 1 N–H and O–H groups in total. The lowest BCUT2D eigenvalue weighted by atomic mass is 9.99. The fourth-order valence-corrected chi connectivity index (χ4v) is 4.87. The summed E-state index contributed by atoms with van der Waals surface area (Å²) in [5, 5.41) is 3.02. The van der Waals surface area contributed by atoms with Crippen LogP contribution in [0.1, 0.15) is 67.2 Å². The van der Waals surface area contributed by atoms with Gasteiger partial charge in [-0.2, -0.15) is 0 Å². The number of fused-ring (bicyclic) bond motifs is 1. The number of halogens is 1. The lowest BCUT2D eigenvalue weighted by Gasteiger charge is -2.13. The fourth-order valence-electron chi connectivity index (χ4n) is 4.47. The van der Waals surface area contributed by atoms with Crippen LogP contribution in [0.2, 0.25) is 0 Å². The molecule has 4 aromatic rings. The van der Waals surface area contributed by atoms with E-state index in [2.05, 4.69) is 82.1 Å². The Labute approximate surface area is 228 Å². The Bertz CT molecular complexity index is 1300. The van der Waals surface area contributed by atoms with Gasteiger partial charge in [0.1, 0.15) is 18.2 Å². The van der Waals surface area contributed by atoms with Crippen LogP contribution in [0.25, 0.3) is 11.0 Å². The maximum absolute atomic E-state index is 12.3. The molecule has 0 aliphatic rings. The van der Waals surface area contributed by atoms with Crippen LogP contribution in [0.3, 0.4) is 0 Å². The number of imidazole rings is 1. The Morgan fingerprint density at radius 2 is 1.84 bits per heavy atom. The first-order chi connectivity index (χ1) is 18.0. The lowest BCUT2D eigenvalue weighted by Crippen LogP contribution is -2.24. The van der Waals surface area contributed by atoms with Gasteiger partial charge < -0.3 is 14.6 Å². The van der Waals surface area contributed by atoms with E-state index >= 15 is 0 Å². The number of rotatable bonds is 13. The predicted molar refractivity (Wildman–Crippen MR) is 154 cm³/mol. The summed E-state index contributed by atoms with van der Waals surface area (Å²) in [6.45, 7) is 6.49. The maximum Gasteiger partial charge on any atom is 0.251 e. The molecule has 1 atom stereocenters. The summed E-state index contributed by atoms with van der Waals surface area (Å²) in [5.74, 6) is 2.53. The van der Waals surface area contributed by atoms with Gasteiger partial charge in [-0.1, -0.05) is 66.5 Å². The summed E-state index contributed by atoms with van der Waals surface area (Å²) in [6.07, 6.45) is 5.03. The Balaban J connectivity index is 1.26. The zero-order valence-electron chi connectivity index (χ0n) is 21.8. The van der Waals surface area contributed by atoms with Crippen LogP contribution in [-0.2, 0) is 13.0 Å². The Kier molecular flexibility index (Phi) is 9.78. The molecule has 0 spiro atoms. The first kappa shape index (κ1) is 26.9. The molecule has 37 heavy (non-hydrogen) atoms. The summed E-state index contributed by atoms with van der Waals surface area (Å²) in [4.78, 5) is 17.2. The lowest BCUT2D eigenvalue weighted by molar-refractivity contribution is 0.0953. The summed E-state index contributed by atoms with van der Waals surface area (Å²) in [5.41, 5.74) is 4.20. The molecule has 0 aliphatic heterocycles. The minimum absolute atomic E-state index is 0.0300. The molecule has 1 unspecified atom stereocenters. The van der Waals surface area contributed by atoms with Crippen molar-refractivity contribution in [1.82, 2.24) is 14.9 Å². The third-order valence-corrected chi connectivity index (χ3v) is 7.32. The first-order valence-electron chi connectivity index (χ1n) is 13.3. The van der Waals surface area contributed by atoms with Crippen molar-refractivity contribution < 1.29 is 9.53 Å². The molecule has 194 valence electrons. The van der Waals surface area contributed by atoms with Crippen LogP contribution < -0.4 is 10.1 Å². The topological polar surface area (TPSA) is 56.1 Å². The minimum Gasteiger partial charge on any atom is -0.492 e. The molecule has 0 aliphatic carbocycles. The Hall–Kier alpha value is -3.12. The third-order valence-electron chi connectivity index (χ3n) is 6.83.